The molecule has 2 aliphatic rings. The second-order valence-corrected chi connectivity index (χ2v) is 10.7. The molecule has 0 saturated heterocycles. The number of nitrogens with one attached hydrogen (secondary N) is 2. The Bertz CT molecular complexity index is 1080. The van der Waals surface area contributed by atoms with Crippen LogP contribution in [0.15, 0.2) is 35.2 Å². The van der Waals surface area contributed by atoms with E-state index in [0.717, 1.165) is 24.1 Å². The second-order valence-electron chi connectivity index (χ2n) is 9.00. The van der Waals surface area contributed by atoms with Crippen LogP contribution in [0.3, 0.4) is 0 Å². The molecule has 0 amide bonds. The fourth-order valence-electron chi connectivity index (χ4n) is 4.63. The summed E-state index contributed by atoms with van der Waals surface area (Å²) in [6.45, 7) is 2.72. The van der Waals surface area contributed by atoms with Crippen molar-refractivity contribution < 1.29 is 22.3 Å². The van der Waals surface area contributed by atoms with Crippen molar-refractivity contribution in [3.63, 3.8) is 0 Å². The zero-order valence-electron chi connectivity index (χ0n) is 19.4. The SMILES string of the molecule is COc1nc2c(cc1NS(=O)(=O)c1ccc(C3(F)CCC(OC)CC3)cc1)CCC(C)NC2. The number of hydrogen-bond acceptors (Lipinski definition) is 6. The molecule has 33 heavy (non-hydrogen) atoms. The molecular formula is C24H32FN3O4S. The maximum Gasteiger partial charge on any atom is 0.262 e. The molecule has 4 rings (SSSR count). The van der Waals surface area contributed by atoms with Crippen molar-refractivity contribution in [3.8, 4) is 5.88 Å². The minimum Gasteiger partial charge on any atom is -0.479 e. The first kappa shape index (κ1) is 23.9. The van der Waals surface area contributed by atoms with Gasteiger partial charge < -0.3 is 14.8 Å². The van der Waals surface area contributed by atoms with Gasteiger partial charge in [0.1, 0.15) is 11.4 Å². The minimum atomic E-state index is -3.90. The topological polar surface area (TPSA) is 89.5 Å². The molecule has 1 aliphatic heterocycles. The van der Waals surface area contributed by atoms with Gasteiger partial charge in [0.05, 0.1) is 23.8 Å². The second kappa shape index (κ2) is 9.56. The molecular weight excluding hydrogens is 445 g/mol. The molecule has 2 heterocycles. The van der Waals surface area contributed by atoms with E-state index in [4.69, 9.17) is 9.47 Å². The van der Waals surface area contributed by atoms with Crippen LogP contribution in [0.5, 0.6) is 5.88 Å². The summed E-state index contributed by atoms with van der Waals surface area (Å²) in [6, 6.07) is 8.21. The largest absolute Gasteiger partial charge is 0.479 e. The van der Waals surface area contributed by atoms with Crippen molar-refractivity contribution in [2.45, 2.75) is 74.7 Å². The zero-order chi connectivity index (χ0) is 23.6. The van der Waals surface area contributed by atoms with Crippen molar-refractivity contribution in [2.24, 2.45) is 0 Å². The summed E-state index contributed by atoms with van der Waals surface area (Å²) in [5.74, 6) is 0.225. The Hall–Kier alpha value is -2.23. The van der Waals surface area contributed by atoms with Crippen LogP contribution in [0.1, 0.15) is 55.8 Å². The highest BCUT2D eigenvalue weighted by atomic mass is 32.2. The summed E-state index contributed by atoms with van der Waals surface area (Å²) in [6.07, 6.45) is 3.84. The number of methoxy groups -OCH3 is 2. The predicted molar refractivity (Wildman–Crippen MR) is 125 cm³/mol. The number of fused-ring (bicyclic) bond motifs is 1. The van der Waals surface area contributed by atoms with Gasteiger partial charge in [-0.2, -0.15) is 0 Å². The third-order valence-electron chi connectivity index (χ3n) is 6.80. The summed E-state index contributed by atoms with van der Waals surface area (Å²) in [5, 5.41) is 3.39. The highest BCUT2D eigenvalue weighted by Crippen LogP contribution is 2.41. The number of halogens is 1. The highest BCUT2D eigenvalue weighted by Gasteiger charge is 2.37. The smallest absolute Gasteiger partial charge is 0.262 e. The van der Waals surface area contributed by atoms with Crippen LogP contribution >= 0.6 is 0 Å². The maximum absolute atomic E-state index is 15.5. The number of benzene rings is 1. The maximum atomic E-state index is 15.5. The third-order valence-corrected chi connectivity index (χ3v) is 8.18. The molecule has 0 bridgehead atoms. The Morgan fingerprint density at radius 1 is 1.15 bits per heavy atom. The molecule has 2 N–H and O–H groups in total. The number of nitrogens with zero attached hydrogens (tertiary/aromatic N) is 1. The van der Waals surface area contributed by atoms with E-state index in [9.17, 15) is 8.42 Å². The number of pyridine rings is 1. The number of anilines is 1. The first-order valence-electron chi connectivity index (χ1n) is 11.4. The number of aryl methyl sites for hydroxylation is 1. The monoisotopic (exact) mass is 477 g/mol. The van der Waals surface area contributed by atoms with Crippen LogP contribution in [-0.2, 0) is 33.4 Å². The van der Waals surface area contributed by atoms with Gasteiger partial charge in [-0.05, 0) is 74.8 Å². The van der Waals surface area contributed by atoms with Gasteiger partial charge in [-0.3, -0.25) is 4.72 Å². The van der Waals surface area contributed by atoms with Gasteiger partial charge in [-0.1, -0.05) is 12.1 Å². The fourth-order valence-corrected chi connectivity index (χ4v) is 5.67. The van der Waals surface area contributed by atoms with E-state index in [2.05, 4.69) is 21.9 Å². The van der Waals surface area contributed by atoms with Crippen molar-refractivity contribution in [3.05, 3.63) is 47.2 Å². The van der Waals surface area contributed by atoms with Crippen LogP contribution in [0.4, 0.5) is 10.1 Å². The van der Waals surface area contributed by atoms with Crippen molar-refractivity contribution >= 4 is 15.7 Å². The molecule has 0 radical (unpaired) electrons. The van der Waals surface area contributed by atoms with Crippen LogP contribution in [0.2, 0.25) is 0 Å². The molecule has 1 aliphatic carbocycles. The number of rotatable bonds is 6. The molecule has 1 fully saturated rings. The predicted octanol–water partition coefficient (Wildman–Crippen LogP) is 4.07. The normalized spacial score (nSPS) is 25.7. The molecule has 180 valence electrons. The fraction of sp³-hybridized carbons (Fsp3) is 0.542. The van der Waals surface area contributed by atoms with Gasteiger partial charge in [0.15, 0.2) is 0 Å². The zero-order valence-corrected chi connectivity index (χ0v) is 20.2. The lowest BCUT2D eigenvalue weighted by Gasteiger charge is -2.33. The average Bonchev–Trinajstić information content (AvgIpc) is 3.00. The van der Waals surface area contributed by atoms with Gasteiger partial charge in [0.2, 0.25) is 5.88 Å². The summed E-state index contributed by atoms with van der Waals surface area (Å²) in [7, 11) is -0.788. The van der Waals surface area contributed by atoms with Crippen molar-refractivity contribution in [2.75, 3.05) is 18.9 Å². The Kier molecular flexibility index (Phi) is 6.93. The summed E-state index contributed by atoms with van der Waals surface area (Å²) >= 11 is 0. The number of aromatic nitrogens is 1. The molecule has 7 nitrogen and oxygen atoms in total. The number of hydrogen-bond donors (Lipinski definition) is 2. The Morgan fingerprint density at radius 2 is 1.85 bits per heavy atom. The van der Waals surface area contributed by atoms with Gasteiger partial charge in [0.25, 0.3) is 10.0 Å². The van der Waals surface area contributed by atoms with E-state index in [-0.39, 0.29) is 16.9 Å². The summed E-state index contributed by atoms with van der Waals surface area (Å²) < 4.78 is 54.9. The Labute approximate surface area is 195 Å². The molecule has 1 saturated carbocycles. The standard InChI is InChI=1S/C24H32FN3O4S/c1-16-4-5-17-14-21(23(32-3)27-22(17)15-26-16)28-33(29,30)20-8-6-18(7-9-20)24(25)12-10-19(31-2)11-13-24/h6-9,14,16,19,26,28H,4-5,10-13,15H2,1-3H3. The summed E-state index contributed by atoms with van der Waals surface area (Å²) in [4.78, 5) is 4.59. The lowest BCUT2D eigenvalue weighted by molar-refractivity contribution is 0.00579. The Morgan fingerprint density at radius 3 is 2.48 bits per heavy atom. The number of alkyl halides is 1. The van der Waals surface area contributed by atoms with Gasteiger partial charge in [0, 0.05) is 19.7 Å². The molecule has 1 atom stereocenters. The van der Waals surface area contributed by atoms with Gasteiger partial charge in [-0.25, -0.2) is 17.8 Å². The van der Waals surface area contributed by atoms with E-state index in [1.165, 1.54) is 19.2 Å². The molecule has 9 heteroatoms. The van der Waals surface area contributed by atoms with Crippen LogP contribution < -0.4 is 14.8 Å². The minimum absolute atomic E-state index is 0.0627. The molecule has 0 spiro atoms. The number of sulfonamides is 1. The number of ether oxygens (including phenoxy) is 2. The lowest BCUT2D eigenvalue weighted by atomic mass is 9.80. The van der Waals surface area contributed by atoms with E-state index in [1.807, 2.05) is 0 Å². The summed E-state index contributed by atoms with van der Waals surface area (Å²) in [5.41, 5.74) is 1.20. The van der Waals surface area contributed by atoms with Crippen LogP contribution in [0, 0.1) is 0 Å². The molecule has 1 aromatic heterocycles. The van der Waals surface area contributed by atoms with Crippen molar-refractivity contribution in [1.29, 1.82) is 0 Å². The average molecular weight is 478 g/mol. The van der Waals surface area contributed by atoms with Gasteiger partial charge >= 0.3 is 0 Å². The lowest BCUT2D eigenvalue weighted by Crippen LogP contribution is -2.30. The van der Waals surface area contributed by atoms with Crippen LogP contribution in [-0.4, -0.2) is 39.8 Å². The van der Waals surface area contributed by atoms with E-state index in [0.29, 0.717) is 49.5 Å². The van der Waals surface area contributed by atoms with Gasteiger partial charge in [-0.15, -0.1) is 0 Å². The quantitative estimate of drug-likeness (QED) is 0.652. The van der Waals surface area contributed by atoms with E-state index < -0.39 is 15.7 Å². The third kappa shape index (κ3) is 5.15. The first-order chi connectivity index (χ1) is 15.7. The van der Waals surface area contributed by atoms with E-state index >= 15 is 4.39 Å². The van der Waals surface area contributed by atoms with Crippen LogP contribution in [0.25, 0.3) is 0 Å². The molecule has 2 aromatic rings. The molecule has 1 unspecified atom stereocenters. The molecule has 1 aromatic carbocycles. The van der Waals surface area contributed by atoms with E-state index in [1.54, 1.807) is 25.3 Å². The highest BCUT2D eigenvalue weighted by molar-refractivity contribution is 7.92. The van der Waals surface area contributed by atoms with Crippen molar-refractivity contribution in [1.82, 2.24) is 10.3 Å². The Balaban J connectivity index is 1.55. The first-order valence-corrected chi connectivity index (χ1v) is 12.9.